The van der Waals surface area contributed by atoms with Crippen molar-refractivity contribution in [3.8, 4) is 5.75 Å². The molecule has 0 N–H and O–H groups in total. The molecule has 0 spiro atoms. The van der Waals surface area contributed by atoms with Crippen LogP contribution >= 0.6 is 22.9 Å². The zero-order valence-electron chi connectivity index (χ0n) is 15.2. The lowest BCUT2D eigenvalue weighted by molar-refractivity contribution is -0.147. The first-order valence-corrected chi connectivity index (χ1v) is 9.65. The number of fused-ring (bicyclic) bond motifs is 1. The van der Waals surface area contributed by atoms with E-state index in [-0.39, 0.29) is 24.7 Å². The highest BCUT2D eigenvalue weighted by Crippen LogP contribution is 2.32. The Hall–Kier alpha value is -2.38. The van der Waals surface area contributed by atoms with Crippen molar-refractivity contribution in [1.82, 2.24) is 9.38 Å². The molecule has 3 aromatic rings. The zero-order chi connectivity index (χ0) is 19.6. The number of aromatic nitrogens is 2. The van der Waals surface area contributed by atoms with Gasteiger partial charge in [-0.3, -0.25) is 9.20 Å². The fraction of sp³-hybridized carbons (Fsp3) is 0.316. The number of carbonyl (C=O) groups excluding carboxylic acids is 1. The Balaban J connectivity index is 1.63. The number of rotatable bonds is 6. The average molecular weight is 407 g/mol. The van der Waals surface area contributed by atoms with Gasteiger partial charge >= 0.3 is 5.97 Å². The van der Waals surface area contributed by atoms with Gasteiger partial charge in [0.25, 0.3) is 5.56 Å². The van der Waals surface area contributed by atoms with Crippen molar-refractivity contribution < 1.29 is 14.3 Å². The molecule has 0 saturated carbocycles. The number of nitrogens with zero attached hydrogens (tertiary/aromatic N) is 2. The molecule has 2 aromatic heterocycles. The number of hydrogen-bond acceptors (Lipinski definition) is 6. The molecule has 0 aliphatic carbocycles. The Morgan fingerprint density at radius 1 is 1.33 bits per heavy atom. The number of aryl methyl sites for hydroxylation is 1. The molecule has 0 aliphatic rings. The molecule has 0 saturated heterocycles. The van der Waals surface area contributed by atoms with Gasteiger partial charge in [0.15, 0.2) is 11.6 Å². The molecule has 0 atom stereocenters. The van der Waals surface area contributed by atoms with Gasteiger partial charge in [-0.05, 0) is 36.1 Å². The summed E-state index contributed by atoms with van der Waals surface area (Å²) < 4.78 is 12.3. The standard InChI is InChI=1S/C19H19ClN2O4S/c1-11(2)14-8-15(20)12(3)6-16(14)25-10-18(24)26-9-13-7-17(23)22-4-5-27-19(22)21-13/h4-8,11H,9-10H2,1-3H3. The maximum absolute atomic E-state index is 12.0. The highest BCUT2D eigenvalue weighted by molar-refractivity contribution is 7.15. The predicted molar refractivity (Wildman–Crippen MR) is 105 cm³/mol. The van der Waals surface area contributed by atoms with Crippen LogP contribution in [0.2, 0.25) is 5.02 Å². The van der Waals surface area contributed by atoms with E-state index in [1.807, 2.05) is 32.9 Å². The smallest absolute Gasteiger partial charge is 0.344 e. The van der Waals surface area contributed by atoms with Crippen LogP contribution in [0.25, 0.3) is 4.96 Å². The van der Waals surface area contributed by atoms with E-state index in [0.29, 0.717) is 21.4 Å². The number of hydrogen-bond donors (Lipinski definition) is 0. The molecular formula is C19H19ClN2O4S. The summed E-state index contributed by atoms with van der Waals surface area (Å²) in [5.41, 5.74) is 2.00. The minimum Gasteiger partial charge on any atom is -0.482 e. The molecule has 8 heteroatoms. The van der Waals surface area contributed by atoms with Gasteiger partial charge in [0.2, 0.25) is 0 Å². The molecular weight excluding hydrogens is 388 g/mol. The van der Waals surface area contributed by atoms with Gasteiger partial charge in [0.1, 0.15) is 12.4 Å². The van der Waals surface area contributed by atoms with Crippen molar-refractivity contribution in [3.05, 3.63) is 62.0 Å². The maximum Gasteiger partial charge on any atom is 0.344 e. The van der Waals surface area contributed by atoms with Crippen molar-refractivity contribution in [1.29, 1.82) is 0 Å². The lowest BCUT2D eigenvalue weighted by Gasteiger charge is -2.15. The normalized spacial score (nSPS) is 11.1. The molecule has 0 bridgehead atoms. The largest absolute Gasteiger partial charge is 0.482 e. The number of halogens is 1. The van der Waals surface area contributed by atoms with Gasteiger partial charge in [-0.15, -0.1) is 11.3 Å². The number of benzene rings is 1. The number of thiazole rings is 1. The lowest BCUT2D eigenvalue weighted by atomic mass is 10.0. The van der Waals surface area contributed by atoms with Crippen molar-refractivity contribution in [2.75, 3.05) is 6.61 Å². The second-order valence-corrected chi connectivity index (χ2v) is 7.66. The fourth-order valence-corrected chi connectivity index (χ4v) is 3.45. The maximum atomic E-state index is 12.0. The van der Waals surface area contributed by atoms with E-state index in [2.05, 4.69) is 4.98 Å². The SMILES string of the molecule is Cc1cc(OCC(=O)OCc2cc(=O)n3ccsc3n2)c(C(C)C)cc1Cl. The molecule has 142 valence electrons. The van der Waals surface area contributed by atoms with E-state index in [4.69, 9.17) is 21.1 Å². The van der Waals surface area contributed by atoms with E-state index in [9.17, 15) is 9.59 Å². The Labute approximate surface area is 165 Å². The van der Waals surface area contributed by atoms with Crippen LogP contribution < -0.4 is 10.3 Å². The molecule has 3 rings (SSSR count). The van der Waals surface area contributed by atoms with Crippen LogP contribution in [-0.2, 0) is 16.1 Å². The third-order valence-corrected chi connectivity index (χ3v) is 5.16. The Morgan fingerprint density at radius 3 is 2.85 bits per heavy atom. The highest BCUT2D eigenvalue weighted by Gasteiger charge is 2.14. The van der Waals surface area contributed by atoms with Crippen LogP contribution in [-0.4, -0.2) is 22.0 Å². The summed E-state index contributed by atoms with van der Waals surface area (Å²) in [6.45, 7) is 5.61. The summed E-state index contributed by atoms with van der Waals surface area (Å²) in [6, 6.07) is 5.03. The molecule has 0 radical (unpaired) electrons. The van der Waals surface area contributed by atoms with Gasteiger partial charge in [-0.1, -0.05) is 25.4 Å². The molecule has 27 heavy (non-hydrogen) atoms. The summed E-state index contributed by atoms with van der Waals surface area (Å²) >= 11 is 7.52. The van der Waals surface area contributed by atoms with Crippen LogP contribution in [0.4, 0.5) is 0 Å². The summed E-state index contributed by atoms with van der Waals surface area (Å²) in [4.78, 5) is 28.8. The number of carbonyl (C=O) groups is 1. The third kappa shape index (κ3) is 4.48. The van der Waals surface area contributed by atoms with Crippen LogP contribution in [0.5, 0.6) is 5.75 Å². The van der Waals surface area contributed by atoms with Crippen LogP contribution in [0.1, 0.15) is 36.6 Å². The first-order valence-electron chi connectivity index (χ1n) is 8.39. The van der Waals surface area contributed by atoms with E-state index < -0.39 is 5.97 Å². The van der Waals surface area contributed by atoms with Gasteiger partial charge in [0.05, 0.1) is 5.69 Å². The fourth-order valence-electron chi connectivity index (χ4n) is 2.54. The summed E-state index contributed by atoms with van der Waals surface area (Å²) in [7, 11) is 0. The zero-order valence-corrected chi connectivity index (χ0v) is 16.8. The van der Waals surface area contributed by atoms with E-state index >= 15 is 0 Å². The molecule has 2 heterocycles. The van der Waals surface area contributed by atoms with Crippen molar-refractivity contribution in [3.63, 3.8) is 0 Å². The molecule has 0 aliphatic heterocycles. The van der Waals surface area contributed by atoms with Crippen LogP contribution in [0.3, 0.4) is 0 Å². The second kappa shape index (κ2) is 8.10. The monoisotopic (exact) mass is 406 g/mol. The van der Waals surface area contributed by atoms with E-state index in [1.54, 1.807) is 11.6 Å². The Morgan fingerprint density at radius 2 is 2.11 bits per heavy atom. The summed E-state index contributed by atoms with van der Waals surface area (Å²) in [6.07, 6.45) is 1.65. The van der Waals surface area contributed by atoms with Gasteiger partial charge in [-0.2, -0.15) is 0 Å². The Bertz CT molecular complexity index is 1040. The number of ether oxygens (including phenoxy) is 2. The molecule has 0 unspecified atom stereocenters. The summed E-state index contributed by atoms with van der Waals surface area (Å²) in [5, 5.41) is 2.43. The number of esters is 1. The molecule has 6 nitrogen and oxygen atoms in total. The highest BCUT2D eigenvalue weighted by atomic mass is 35.5. The topological polar surface area (TPSA) is 69.9 Å². The predicted octanol–water partition coefficient (Wildman–Crippen LogP) is 3.96. The second-order valence-electron chi connectivity index (χ2n) is 6.38. The summed E-state index contributed by atoms with van der Waals surface area (Å²) in [5.74, 6) is 0.273. The van der Waals surface area contributed by atoms with Crippen LogP contribution in [0, 0.1) is 6.92 Å². The lowest BCUT2D eigenvalue weighted by Crippen LogP contribution is -2.18. The van der Waals surface area contributed by atoms with Crippen LogP contribution in [0.15, 0.2) is 34.6 Å². The average Bonchev–Trinajstić information content (AvgIpc) is 3.09. The molecule has 0 amide bonds. The van der Waals surface area contributed by atoms with Crippen molar-refractivity contribution >= 4 is 33.9 Å². The third-order valence-electron chi connectivity index (χ3n) is 4.00. The van der Waals surface area contributed by atoms with E-state index in [0.717, 1.165) is 11.1 Å². The minimum atomic E-state index is -0.537. The quantitative estimate of drug-likeness (QED) is 0.579. The Kier molecular flexibility index (Phi) is 5.82. The first kappa shape index (κ1) is 19.4. The van der Waals surface area contributed by atoms with Crippen molar-refractivity contribution in [2.45, 2.75) is 33.3 Å². The van der Waals surface area contributed by atoms with Gasteiger partial charge in [-0.25, -0.2) is 9.78 Å². The molecule has 0 fully saturated rings. The minimum absolute atomic E-state index is 0.0808. The van der Waals surface area contributed by atoms with Gasteiger partial charge < -0.3 is 9.47 Å². The first-order chi connectivity index (χ1) is 12.8. The molecule has 1 aromatic carbocycles. The van der Waals surface area contributed by atoms with E-state index in [1.165, 1.54) is 21.8 Å². The van der Waals surface area contributed by atoms with Gasteiger partial charge in [0, 0.05) is 22.7 Å². The van der Waals surface area contributed by atoms with Crippen molar-refractivity contribution in [2.24, 2.45) is 0 Å².